The fourth-order valence-electron chi connectivity index (χ4n) is 3.83. The van der Waals surface area contributed by atoms with Gasteiger partial charge in [0.25, 0.3) is 0 Å². The van der Waals surface area contributed by atoms with Gasteiger partial charge in [-0.1, -0.05) is 78.0 Å². The number of halogens is 1. The predicted octanol–water partition coefficient (Wildman–Crippen LogP) is 5.55. The van der Waals surface area contributed by atoms with Crippen molar-refractivity contribution in [2.45, 2.75) is 29.3 Å². The van der Waals surface area contributed by atoms with Gasteiger partial charge in [0, 0.05) is 22.4 Å². The Hall–Kier alpha value is -3.24. The van der Waals surface area contributed by atoms with Crippen LogP contribution < -0.4 is 4.72 Å². The first-order chi connectivity index (χ1) is 17.4. The first-order valence-electron chi connectivity index (χ1n) is 11.1. The van der Waals surface area contributed by atoms with Crippen LogP contribution in [-0.2, 0) is 22.3 Å². The fourth-order valence-corrected chi connectivity index (χ4v) is 6.07. The monoisotopic (exact) mass is 535 g/mol. The molecule has 0 radical (unpaired) electrons. The topological polar surface area (TPSA) is 89.8 Å². The van der Waals surface area contributed by atoms with Gasteiger partial charge in [0.05, 0.1) is 17.7 Å². The van der Waals surface area contributed by atoms with Crippen molar-refractivity contribution in [1.82, 2.24) is 24.5 Å². The maximum Gasteiger partial charge on any atom is 0.243 e. The van der Waals surface area contributed by atoms with E-state index in [0.29, 0.717) is 27.3 Å². The Labute approximate surface area is 218 Å². The summed E-state index contributed by atoms with van der Waals surface area (Å²) in [5.74, 6) is 1.14. The maximum atomic E-state index is 13.3. The van der Waals surface area contributed by atoms with Crippen molar-refractivity contribution in [3.63, 3.8) is 0 Å². The highest BCUT2D eigenvalue weighted by atomic mass is 35.5. The molecule has 0 spiro atoms. The van der Waals surface area contributed by atoms with Crippen LogP contribution >= 0.6 is 23.4 Å². The number of hydrogen-bond donors (Lipinski definition) is 1. The number of aromatic nitrogens is 4. The number of nitrogens with zero attached hydrogens (tertiary/aromatic N) is 4. The minimum atomic E-state index is -3.87. The lowest BCUT2D eigenvalue weighted by molar-refractivity contribution is 0.579. The summed E-state index contributed by atoms with van der Waals surface area (Å²) in [5, 5.41) is 10.7. The average Bonchev–Trinajstić information content (AvgIpc) is 3.30. The lowest BCUT2D eigenvalue weighted by atomic mass is 10.2. The van der Waals surface area contributed by atoms with Crippen LogP contribution in [-0.4, -0.2) is 28.2 Å². The van der Waals surface area contributed by atoms with Crippen molar-refractivity contribution in [1.29, 1.82) is 0 Å². The lowest BCUT2D eigenvalue weighted by Gasteiger charge is -2.14. The molecule has 0 amide bonds. The number of aryl methyl sites for hydroxylation is 1. The van der Waals surface area contributed by atoms with E-state index in [1.807, 2.05) is 72.2 Å². The SMILES string of the molecule is Cc1ccc(Cl)cc1-n1c(CNS(=O)(=O)c2cccc3cccnc23)nnc1SCc1ccccc1. The Morgan fingerprint density at radius 3 is 2.61 bits per heavy atom. The number of para-hydroxylation sites is 1. The third-order valence-electron chi connectivity index (χ3n) is 5.63. The van der Waals surface area contributed by atoms with Crippen molar-refractivity contribution in [2.24, 2.45) is 0 Å². The van der Waals surface area contributed by atoms with E-state index in [-0.39, 0.29) is 11.4 Å². The van der Waals surface area contributed by atoms with Gasteiger partial charge in [-0.15, -0.1) is 10.2 Å². The fraction of sp³-hybridized carbons (Fsp3) is 0.115. The number of nitrogens with one attached hydrogen (secondary N) is 1. The quantitative estimate of drug-likeness (QED) is 0.262. The molecular weight excluding hydrogens is 514 g/mol. The number of benzene rings is 3. The first-order valence-corrected chi connectivity index (χ1v) is 14.0. The Bertz CT molecular complexity index is 1630. The molecule has 5 rings (SSSR count). The summed E-state index contributed by atoms with van der Waals surface area (Å²) in [5.41, 5.74) is 3.32. The zero-order chi connectivity index (χ0) is 25.1. The summed E-state index contributed by atoms with van der Waals surface area (Å²) in [4.78, 5) is 4.39. The van der Waals surface area contributed by atoms with E-state index in [1.54, 1.807) is 24.4 Å². The third kappa shape index (κ3) is 5.15. The summed E-state index contributed by atoms with van der Waals surface area (Å²) in [6, 6.07) is 24.3. The number of sulfonamides is 1. The second kappa shape index (κ2) is 10.4. The number of fused-ring (bicyclic) bond motifs is 1. The highest BCUT2D eigenvalue weighted by Crippen LogP contribution is 2.29. The van der Waals surface area contributed by atoms with Crippen LogP contribution in [0.5, 0.6) is 0 Å². The van der Waals surface area contributed by atoms with E-state index >= 15 is 0 Å². The molecule has 36 heavy (non-hydrogen) atoms. The lowest BCUT2D eigenvalue weighted by Crippen LogP contribution is -2.25. The van der Waals surface area contributed by atoms with E-state index in [4.69, 9.17) is 11.6 Å². The van der Waals surface area contributed by atoms with Crippen LogP contribution in [0.25, 0.3) is 16.6 Å². The van der Waals surface area contributed by atoms with Gasteiger partial charge in [0.2, 0.25) is 10.0 Å². The molecule has 3 aromatic carbocycles. The normalized spacial score (nSPS) is 11.7. The van der Waals surface area contributed by atoms with Crippen molar-refractivity contribution in [3.05, 3.63) is 107 Å². The van der Waals surface area contributed by atoms with Gasteiger partial charge < -0.3 is 0 Å². The number of thioether (sulfide) groups is 1. The average molecular weight is 536 g/mol. The van der Waals surface area contributed by atoms with E-state index in [1.165, 1.54) is 11.8 Å². The molecule has 0 bridgehead atoms. The maximum absolute atomic E-state index is 13.3. The van der Waals surface area contributed by atoms with Crippen LogP contribution in [0.4, 0.5) is 0 Å². The summed E-state index contributed by atoms with van der Waals surface area (Å²) in [7, 11) is -3.87. The minimum Gasteiger partial charge on any atom is -0.273 e. The Kier molecular flexibility index (Phi) is 7.06. The van der Waals surface area contributed by atoms with Crippen molar-refractivity contribution < 1.29 is 8.42 Å². The molecule has 10 heteroatoms. The summed E-state index contributed by atoms with van der Waals surface area (Å²) < 4.78 is 31.1. The van der Waals surface area contributed by atoms with E-state index in [2.05, 4.69) is 19.9 Å². The molecule has 0 unspecified atom stereocenters. The molecule has 182 valence electrons. The van der Waals surface area contributed by atoms with Gasteiger partial charge in [0.15, 0.2) is 11.0 Å². The predicted molar refractivity (Wildman–Crippen MR) is 143 cm³/mol. The molecule has 2 heterocycles. The molecule has 1 N–H and O–H groups in total. The van der Waals surface area contributed by atoms with Gasteiger partial charge in [-0.3, -0.25) is 9.55 Å². The van der Waals surface area contributed by atoms with Crippen molar-refractivity contribution >= 4 is 44.3 Å². The number of hydrogen-bond acceptors (Lipinski definition) is 6. The molecule has 0 aliphatic heterocycles. The van der Waals surface area contributed by atoms with Crippen LogP contribution in [0.3, 0.4) is 0 Å². The molecule has 7 nitrogen and oxygen atoms in total. The van der Waals surface area contributed by atoms with Crippen LogP contribution in [0.1, 0.15) is 17.0 Å². The van der Waals surface area contributed by atoms with E-state index in [9.17, 15) is 8.42 Å². The summed E-state index contributed by atoms with van der Waals surface area (Å²) >= 11 is 7.84. The third-order valence-corrected chi connectivity index (χ3v) is 8.30. The van der Waals surface area contributed by atoms with Gasteiger partial charge in [-0.25, -0.2) is 13.1 Å². The Balaban J connectivity index is 1.48. The van der Waals surface area contributed by atoms with E-state index in [0.717, 1.165) is 22.2 Å². The zero-order valence-corrected chi connectivity index (χ0v) is 21.7. The molecule has 0 aliphatic rings. The molecule has 0 aliphatic carbocycles. The van der Waals surface area contributed by atoms with Gasteiger partial charge >= 0.3 is 0 Å². The largest absolute Gasteiger partial charge is 0.273 e. The van der Waals surface area contributed by atoms with Gasteiger partial charge in [0.1, 0.15) is 4.90 Å². The van der Waals surface area contributed by atoms with Gasteiger partial charge in [-0.2, -0.15) is 0 Å². The first kappa shape index (κ1) is 24.5. The smallest absolute Gasteiger partial charge is 0.243 e. The number of rotatable bonds is 8. The molecule has 0 saturated carbocycles. The Morgan fingerprint density at radius 1 is 0.972 bits per heavy atom. The zero-order valence-electron chi connectivity index (χ0n) is 19.3. The van der Waals surface area contributed by atoms with Crippen LogP contribution in [0, 0.1) is 6.92 Å². The minimum absolute atomic E-state index is 0.0591. The van der Waals surface area contributed by atoms with Crippen molar-refractivity contribution in [2.75, 3.05) is 0 Å². The second-order valence-electron chi connectivity index (χ2n) is 8.10. The van der Waals surface area contributed by atoms with Crippen molar-refractivity contribution in [3.8, 4) is 5.69 Å². The molecule has 5 aromatic rings. The van der Waals surface area contributed by atoms with E-state index < -0.39 is 10.0 Å². The highest BCUT2D eigenvalue weighted by molar-refractivity contribution is 7.98. The van der Waals surface area contributed by atoms with Crippen LogP contribution in [0.2, 0.25) is 5.02 Å². The molecular formula is C26H22ClN5O2S2. The number of pyridine rings is 1. The molecule has 2 aromatic heterocycles. The molecule has 0 saturated heterocycles. The summed E-state index contributed by atoms with van der Waals surface area (Å²) in [6.45, 7) is 1.91. The highest BCUT2D eigenvalue weighted by Gasteiger charge is 2.22. The van der Waals surface area contributed by atoms with Crippen LogP contribution in [0.15, 0.2) is 95.1 Å². The molecule has 0 atom stereocenters. The van der Waals surface area contributed by atoms with Gasteiger partial charge in [-0.05, 0) is 42.3 Å². The Morgan fingerprint density at radius 2 is 1.78 bits per heavy atom. The second-order valence-corrected chi connectivity index (χ2v) is 11.2. The standard InChI is InChI=1S/C26H22ClN5O2S2/c1-18-12-13-21(27)15-22(18)32-24(30-31-26(32)35-17-19-7-3-2-4-8-19)16-29-36(33,34)23-11-5-9-20-10-6-14-28-25(20)23/h2-15,29H,16-17H2,1H3. The summed E-state index contributed by atoms with van der Waals surface area (Å²) in [6.07, 6.45) is 1.58. The molecule has 0 fully saturated rings.